The fraction of sp³-hybridized carbons (Fsp3) is 0.909. The van der Waals surface area contributed by atoms with Gasteiger partial charge in [-0.3, -0.25) is 4.79 Å². The lowest BCUT2D eigenvalue weighted by Gasteiger charge is -2.30. The van der Waals surface area contributed by atoms with Gasteiger partial charge in [-0.1, -0.05) is 0 Å². The summed E-state index contributed by atoms with van der Waals surface area (Å²) in [5.41, 5.74) is 0. The van der Waals surface area contributed by atoms with Crippen LogP contribution in [0.4, 0.5) is 0 Å². The molecule has 1 heterocycles. The highest BCUT2D eigenvalue weighted by Crippen LogP contribution is 2.12. The van der Waals surface area contributed by atoms with Gasteiger partial charge in [-0.15, -0.1) is 0 Å². The van der Waals surface area contributed by atoms with Crippen LogP contribution in [0.15, 0.2) is 0 Å². The maximum absolute atomic E-state index is 11.6. The number of nitrogens with one attached hydrogen (secondary N) is 2. The quantitative estimate of drug-likeness (QED) is 0.574. The van der Waals surface area contributed by atoms with Crippen LogP contribution in [0.5, 0.6) is 0 Å². The summed E-state index contributed by atoms with van der Waals surface area (Å²) in [5.74, 6) is -0.0612. The Morgan fingerprint density at radius 1 is 1.37 bits per heavy atom. The minimum absolute atomic E-state index is 0.0612. The Kier molecular flexibility index (Phi) is 6.70. The van der Waals surface area contributed by atoms with Gasteiger partial charge >= 0.3 is 0 Å². The second-order valence-corrected chi connectivity index (χ2v) is 6.66. The average molecular weight is 293 g/mol. The number of hydrogen-bond donors (Lipinski definition) is 2. The molecule has 0 aliphatic carbocycles. The molecule has 2 N–H and O–H groups in total. The SMILES string of the molecule is COCCNCC(=O)NC1CCN(S(C)(=O)=O)CC1. The van der Waals surface area contributed by atoms with E-state index in [0.717, 1.165) is 0 Å². The maximum Gasteiger partial charge on any atom is 0.234 e. The number of ether oxygens (including phenoxy) is 1. The molecule has 0 aromatic carbocycles. The van der Waals surface area contributed by atoms with Gasteiger partial charge in [0.25, 0.3) is 0 Å². The molecule has 0 atom stereocenters. The zero-order valence-electron chi connectivity index (χ0n) is 11.5. The Bertz CT molecular complexity index is 377. The predicted octanol–water partition coefficient (Wildman–Crippen LogP) is -1.24. The van der Waals surface area contributed by atoms with Crippen LogP contribution < -0.4 is 10.6 Å². The van der Waals surface area contributed by atoms with Gasteiger partial charge in [0.2, 0.25) is 15.9 Å². The first kappa shape index (κ1) is 16.4. The van der Waals surface area contributed by atoms with Gasteiger partial charge in [0, 0.05) is 32.8 Å². The highest BCUT2D eigenvalue weighted by atomic mass is 32.2. The van der Waals surface area contributed by atoms with Gasteiger partial charge in [0.05, 0.1) is 19.4 Å². The third-order valence-corrected chi connectivity index (χ3v) is 4.36. The Morgan fingerprint density at radius 2 is 2.00 bits per heavy atom. The van der Waals surface area contributed by atoms with Crippen LogP contribution in [0.2, 0.25) is 0 Å². The topological polar surface area (TPSA) is 87.7 Å². The van der Waals surface area contributed by atoms with Gasteiger partial charge in [-0.2, -0.15) is 0 Å². The van der Waals surface area contributed by atoms with Crippen molar-refractivity contribution in [3.63, 3.8) is 0 Å². The molecule has 8 heteroatoms. The summed E-state index contributed by atoms with van der Waals surface area (Å²) < 4.78 is 29.0. The summed E-state index contributed by atoms with van der Waals surface area (Å²) in [6.07, 6.45) is 2.54. The molecule has 1 aliphatic heterocycles. The number of carbonyl (C=O) groups is 1. The molecule has 0 bridgehead atoms. The normalized spacial score (nSPS) is 18.4. The molecule has 1 fully saturated rings. The zero-order chi connectivity index (χ0) is 14.3. The van der Waals surface area contributed by atoms with Crippen LogP contribution >= 0.6 is 0 Å². The molecular weight excluding hydrogens is 270 g/mol. The zero-order valence-corrected chi connectivity index (χ0v) is 12.3. The van der Waals surface area contributed by atoms with E-state index in [0.29, 0.717) is 39.1 Å². The van der Waals surface area contributed by atoms with Gasteiger partial charge in [-0.25, -0.2) is 12.7 Å². The van der Waals surface area contributed by atoms with Crippen LogP contribution in [0.3, 0.4) is 0 Å². The molecule has 1 rings (SSSR count). The van der Waals surface area contributed by atoms with E-state index in [-0.39, 0.29) is 18.5 Å². The number of rotatable bonds is 7. The van der Waals surface area contributed by atoms with Gasteiger partial charge < -0.3 is 15.4 Å². The molecule has 112 valence electrons. The number of nitrogens with zero attached hydrogens (tertiary/aromatic N) is 1. The average Bonchev–Trinajstić information content (AvgIpc) is 2.34. The molecule has 0 spiro atoms. The van der Waals surface area contributed by atoms with E-state index in [1.165, 1.54) is 10.6 Å². The van der Waals surface area contributed by atoms with Crippen molar-refractivity contribution < 1.29 is 17.9 Å². The minimum Gasteiger partial charge on any atom is -0.383 e. The first-order chi connectivity index (χ1) is 8.93. The van der Waals surface area contributed by atoms with Crippen LogP contribution in [-0.4, -0.2) is 70.8 Å². The first-order valence-electron chi connectivity index (χ1n) is 6.37. The van der Waals surface area contributed by atoms with Crippen molar-refractivity contribution in [2.24, 2.45) is 0 Å². The lowest BCUT2D eigenvalue weighted by atomic mass is 10.1. The van der Waals surface area contributed by atoms with Crippen molar-refractivity contribution in [1.82, 2.24) is 14.9 Å². The molecular formula is C11H23N3O4S. The van der Waals surface area contributed by atoms with E-state index < -0.39 is 10.0 Å². The summed E-state index contributed by atoms with van der Waals surface area (Å²) in [4.78, 5) is 11.6. The number of hydrogen-bond acceptors (Lipinski definition) is 5. The Balaban J connectivity index is 2.20. The Hall–Kier alpha value is -0.700. The molecule has 0 aromatic rings. The van der Waals surface area contributed by atoms with Crippen LogP contribution in [0.1, 0.15) is 12.8 Å². The lowest BCUT2D eigenvalue weighted by molar-refractivity contribution is -0.121. The summed E-state index contributed by atoms with van der Waals surface area (Å²) in [7, 11) is -1.50. The molecule has 7 nitrogen and oxygen atoms in total. The number of amides is 1. The van der Waals surface area contributed by atoms with Gasteiger partial charge in [-0.05, 0) is 12.8 Å². The lowest BCUT2D eigenvalue weighted by Crippen LogP contribution is -2.48. The maximum atomic E-state index is 11.6. The monoisotopic (exact) mass is 293 g/mol. The molecule has 0 radical (unpaired) electrons. The van der Waals surface area contributed by atoms with E-state index in [9.17, 15) is 13.2 Å². The van der Waals surface area contributed by atoms with Crippen molar-refractivity contribution in [1.29, 1.82) is 0 Å². The van der Waals surface area contributed by atoms with Crippen molar-refractivity contribution in [2.75, 3.05) is 46.2 Å². The summed E-state index contributed by atoms with van der Waals surface area (Å²) in [5, 5.41) is 5.87. The summed E-state index contributed by atoms with van der Waals surface area (Å²) >= 11 is 0. The van der Waals surface area contributed by atoms with Crippen LogP contribution in [0.25, 0.3) is 0 Å². The standard InChI is InChI=1S/C11H23N3O4S/c1-18-8-5-12-9-11(15)13-10-3-6-14(7-4-10)19(2,16)17/h10,12H,3-9H2,1-2H3,(H,13,15). The summed E-state index contributed by atoms with van der Waals surface area (Å²) in [6.45, 7) is 2.41. The highest BCUT2D eigenvalue weighted by Gasteiger charge is 2.25. The molecule has 0 unspecified atom stereocenters. The number of methoxy groups -OCH3 is 1. The van der Waals surface area contributed by atoms with Crippen molar-refractivity contribution in [2.45, 2.75) is 18.9 Å². The van der Waals surface area contributed by atoms with E-state index in [4.69, 9.17) is 4.74 Å². The predicted molar refractivity (Wildman–Crippen MR) is 72.3 cm³/mol. The van der Waals surface area contributed by atoms with E-state index >= 15 is 0 Å². The third kappa shape index (κ3) is 6.33. The highest BCUT2D eigenvalue weighted by molar-refractivity contribution is 7.88. The van der Waals surface area contributed by atoms with Gasteiger partial charge in [0.1, 0.15) is 0 Å². The fourth-order valence-electron chi connectivity index (χ4n) is 1.99. The fourth-order valence-corrected chi connectivity index (χ4v) is 2.86. The Morgan fingerprint density at radius 3 is 2.53 bits per heavy atom. The number of carbonyl (C=O) groups excluding carboxylic acids is 1. The molecule has 0 saturated carbocycles. The summed E-state index contributed by atoms with van der Waals surface area (Å²) in [6, 6.07) is 0.0646. The van der Waals surface area contributed by atoms with E-state index in [1.54, 1.807) is 7.11 Å². The van der Waals surface area contributed by atoms with Crippen molar-refractivity contribution >= 4 is 15.9 Å². The third-order valence-electron chi connectivity index (χ3n) is 3.06. The molecule has 1 saturated heterocycles. The van der Waals surface area contributed by atoms with Crippen molar-refractivity contribution in [3.8, 4) is 0 Å². The molecule has 1 aliphatic rings. The first-order valence-corrected chi connectivity index (χ1v) is 8.22. The molecule has 0 aromatic heterocycles. The van der Waals surface area contributed by atoms with Crippen molar-refractivity contribution in [3.05, 3.63) is 0 Å². The van der Waals surface area contributed by atoms with Gasteiger partial charge in [0.15, 0.2) is 0 Å². The second kappa shape index (κ2) is 7.78. The Labute approximate surface area is 114 Å². The second-order valence-electron chi connectivity index (χ2n) is 4.67. The number of sulfonamides is 1. The molecule has 1 amide bonds. The number of piperidine rings is 1. The van der Waals surface area contributed by atoms with Crippen LogP contribution in [0, 0.1) is 0 Å². The van der Waals surface area contributed by atoms with Crippen LogP contribution in [-0.2, 0) is 19.6 Å². The minimum atomic E-state index is -3.10. The van der Waals surface area contributed by atoms with E-state index in [2.05, 4.69) is 10.6 Å². The largest absolute Gasteiger partial charge is 0.383 e. The smallest absolute Gasteiger partial charge is 0.234 e. The molecule has 19 heavy (non-hydrogen) atoms. The van der Waals surface area contributed by atoms with E-state index in [1.807, 2.05) is 0 Å².